The van der Waals surface area contributed by atoms with Crippen molar-refractivity contribution in [3.8, 4) is 0 Å². The number of hydrogen-bond donors (Lipinski definition) is 0. The van der Waals surface area contributed by atoms with E-state index in [9.17, 15) is 32.3 Å². The molecule has 1 aliphatic carbocycles. The third-order valence-corrected chi connectivity index (χ3v) is 7.36. The number of halogens is 3. The average Bonchev–Trinajstić information content (AvgIpc) is 3.44. The zero-order chi connectivity index (χ0) is 26.3. The molecule has 3 atom stereocenters. The van der Waals surface area contributed by atoms with Gasteiger partial charge in [-0.2, -0.15) is 13.2 Å². The smallest absolute Gasteiger partial charge is 0.349 e. The molecule has 6 nitrogen and oxygen atoms in total. The van der Waals surface area contributed by atoms with Gasteiger partial charge in [-0.1, -0.05) is 60.2 Å². The summed E-state index contributed by atoms with van der Waals surface area (Å²) in [7, 11) is 0. The van der Waals surface area contributed by atoms with E-state index in [1.807, 2.05) is 6.92 Å². The molecule has 3 aromatic carbocycles. The van der Waals surface area contributed by atoms with Crippen molar-refractivity contribution in [2.24, 2.45) is 11.8 Å². The van der Waals surface area contributed by atoms with Crippen LogP contribution in [0.5, 0.6) is 0 Å². The number of ether oxygens (including phenoxy) is 1. The lowest BCUT2D eigenvalue weighted by atomic mass is 9.77. The van der Waals surface area contributed by atoms with E-state index >= 15 is 0 Å². The highest BCUT2D eigenvalue weighted by molar-refractivity contribution is 6.37. The maximum absolute atomic E-state index is 13.8. The predicted molar refractivity (Wildman–Crippen MR) is 124 cm³/mol. The van der Waals surface area contributed by atoms with Gasteiger partial charge in [0.1, 0.15) is 0 Å². The van der Waals surface area contributed by atoms with Crippen molar-refractivity contribution in [3.05, 3.63) is 101 Å². The maximum atomic E-state index is 13.8. The number of hydrogen-bond acceptors (Lipinski definition) is 5. The standard InChI is InChI=1S/C28H18F3NO5/c1-14-9-11-15(12-10-14)22-20-21(27(37-22)23(33)18-7-2-3-8-19(18)24(27)34)26(36)32(25(20)35)17-6-4-5-16(13-17)28(29,30)31/h2-13,20-22H,1H3/t20-,21-,22+/m0/s1. The second-order valence-corrected chi connectivity index (χ2v) is 9.45. The predicted octanol–water partition coefficient (Wildman–Crippen LogP) is 4.71. The SMILES string of the molecule is Cc1ccc([C@H]2OC3(C(=O)c4ccccc4C3=O)[C@@H]3C(=O)N(c4cccc(C(F)(F)F)c4)C(=O)[C@H]23)cc1. The number of aryl methyl sites for hydroxylation is 1. The maximum Gasteiger partial charge on any atom is 0.416 e. The summed E-state index contributed by atoms with van der Waals surface area (Å²) in [6.45, 7) is 1.85. The molecular weight excluding hydrogens is 487 g/mol. The Hall–Kier alpha value is -4.11. The van der Waals surface area contributed by atoms with Gasteiger partial charge in [0.05, 0.1) is 29.2 Å². The Balaban J connectivity index is 1.53. The number of benzene rings is 3. The summed E-state index contributed by atoms with van der Waals surface area (Å²) in [4.78, 5) is 55.7. The number of ketones is 2. The van der Waals surface area contributed by atoms with Crippen LogP contribution in [0.2, 0.25) is 0 Å². The molecule has 9 heteroatoms. The van der Waals surface area contributed by atoms with E-state index < -0.39 is 58.7 Å². The molecule has 2 heterocycles. The number of Topliss-reactive ketones (excluding diaryl/α,β-unsaturated/α-hetero) is 2. The Morgan fingerprint density at radius 3 is 2.03 bits per heavy atom. The molecule has 0 N–H and O–H groups in total. The summed E-state index contributed by atoms with van der Waals surface area (Å²) < 4.78 is 46.3. The van der Waals surface area contributed by atoms with Crippen LogP contribution < -0.4 is 4.90 Å². The van der Waals surface area contributed by atoms with Crippen LogP contribution in [0.1, 0.15) is 43.5 Å². The minimum Gasteiger partial charge on any atom is -0.349 e. The summed E-state index contributed by atoms with van der Waals surface area (Å²) in [6, 6.07) is 16.8. The van der Waals surface area contributed by atoms with Gasteiger partial charge < -0.3 is 4.74 Å². The molecule has 2 saturated heterocycles. The summed E-state index contributed by atoms with van der Waals surface area (Å²) >= 11 is 0. The minimum absolute atomic E-state index is 0.0774. The quantitative estimate of drug-likeness (QED) is 0.372. The summed E-state index contributed by atoms with van der Waals surface area (Å²) in [5.41, 5.74) is -2.07. The van der Waals surface area contributed by atoms with Crippen LogP contribution in [0.25, 0.3) is 0 Å². The number of anilines is 1. The first-order valence-corrected chi connectivity index (χ1v) is 11.5. The molecule has 2 fully saturated rings. The molecular formula is C28H18F3NO5. The van der Waals surface area contributed by atoms with Gasteiger partial charge in [-0.15, -0.1) is 0 Å². The molecule has 37 heavy (non-hydrogen) atoms. The second-order valence-electron chi connectivity index (χ2n) is 9.45. The first-order valence-electron chi connectivity index (χ1n) is 11.5. The van der Waals surface area contributed by atoms with Gasteiger partial charge in [-0.05, 0) is 30.7 Å². The normalized spacial score (nSPS) is 24.2. The summed E-state index contributed by atoms with van der Waals surface area (Å²) in [5.74, 6) is -6.05. The van der Waals surface area contributed by atoms with Crippen LogP contribution in [0, 0.1) is 18.8 Å². The number of fused-ring (bicyclic) bond motifs is 3. The zero-order valence-electron chi connectivity index (χ0n) is 19.3. The van der Waals surface area contributed by atoms with Gasteiger partial charge in [0, 0.05) is 11.1 Å². The van der Waals surface area contributed by atoms with Gasteiger partial charge in [-0.3, -0.25) is 19.2 Å². The number of alkyl halides is 3. The highest BCUT2D eigenvalue weighted by atomic mass is 19.4. The van der Waals surface area contributed by atoms with Gasteiger partial charge in [0.2, 0.25) is 29.0 Å². The lowest BCUT2D eigenvalue weighted by Gasteiger charge is -2.27. The highest BCUT2D eigenvalue weighted by Gasteiger charge is 2.74. The molecule has 186 valence electrons. The van der Waals surface area contributed by atoms with Crippen molar-refractivity contribution in [1.82, 2.24) is 0 Å². The van der Waals surface area contributed by atoms with Gasteiger partial charge in [-0.25, -0.2) is 4.90 Å². The average molecular weight is 505 g/mol. The molecule has 0 aromatic heterocycles. The number of carbonyl (C=O) groups is 4. The number of imide groups is 1. The fourth-order valence-corrected chi connectivity index (χ4v) is 5.65. The molecule has 6 rings (SSSR count). The van der Waals surface area contributed by atoms with Crippen LogP contribution in [-0.2, 0) is 20.5 Å². The van der Waals surface area contributed by atoms with Gasteiger partial charge in [0.25, 0.3) is 0 Å². The van der Waals surface area contributed by atoms with Crippen LogP contribution in [0.3, 0.4) is 0 Å². The molecule has 0 radical (unpaired) electrons. The molecule has 3 aromatic rings. The van der Waals surface area contributed by atoms with Crippen LogP contribution in [-0.4, -0.2) is 29.0 Å². The monoisotopic (exact) mass is 505 g/mol. The van der Waals surface area contributed by atoms with Crippen LogP contribution in [0.4, 0.5) is 18.9 Å². The Labute approximate surface area is 208 Å². The van der Waals surface area contributed by atoms with Crippen LogP contribution >= 0.6 is 0 Å². The number of carbonyl (C=O) groups excluding carboxylic acids is 4. The van der Waals surface area contributed by atoms with E-state index in [0.717, 1.165) is 17.7 Å². The molecule has 0 unspecified atom stereocenters. The molecule has 0 bridgehead atoms. The van der Waals surface area contributed by atoms with Crippen molar-refractivity contribution < 1.29 is 37.1 Å². The van der Waals surface area contributed by atoms with Crippen molar-refractivity contribution in [1.29, 1.82) is 0 Å². The van der Waals surface area contributed by atoms with E-state index in [0.29, 0.717) is 16.5 Å². The number of nitrogens with zero attached hydrogens (tertiary/aromatic N) is 1. The summed E-state index contributed by atoms with van der Waals surface area (Å²) in [6.07, 6.45) is -5.84. The minimum atomic E-state index is -4.70. The highest BCUT2D eigenvalue weighted by Crippen LogP contribution is 2.57. The largest absolute Gasteiger partial charge is 0.416 e. The Kier molecular flexibility index (Phi) is 4.84. The van der Waals surface area contributed by atoms with E-state index in [1.165, 1.54) is 18.2 Å². The molecule has 2 aliphatic heterocycles. The lowest BCUT2D eigenvalue weighted by Crippen LogP contribution is -2.51. The third kappa shape index (κ3) is 3.10. The van der Waals surface area contributed by atoms with E-state index in [1.54, 1.807) is 36.4 Å². The molecule has 2 amide bonds. The number of rotatable bonds is 2. The first-order chi connectivity index (χ1) is 17.6. The van der Waals surface area contributed by atoms with Crippen molar-refractivity contribution in [2.45, 2.75) is 24.8 Å². The molecule has 3 aliphatic rings. The first kappa shape index (κ1) is 23.3. The Bertz CT molecular complexity index is 1480. The van der Waals surface area contributed by atoms with Gasteiger partial charge in [0.15, 0.2) is 0 Å². The second kappa shape index (κ2) is 7.69. The van der Waals surface area contributed by atoms with Gasteiger partial charge >= 0.3 is 6.18 Å². The topological polar surface area (TPSA) is 80.8 Å². The number of amides is 2. The van der Waals surface area contributed by atoms with Crippen molar-refractivity contribution >= 4 is 29.1 Å². The van der Waals surface area contributed by atoms with Crippen molar-refractivity contribution in [2.75, 3.05) is 4.90 Å². The van der Waals surface area contributed by atoms with E-state index in [-0.39, 0.29) is 16.8 Å². The molecule has 1 spiro atoms. The summed E-state index contributed by atoms with van der Waals surface area (Å²) in [5, 5.41) is 0. The zero-order valence-corrected chi connectivity index (χ0v) is 19.3. The fraction of sp³-hybridized carbons (Fsp3) is 0.214. The Morgan fingerprint density at radius 2 is 1.43 bits per heavy atom. The van der Waals surface area contributed by atoms with Crippen molar-refractivity contribution in [3.63, 3.8) is 0 Å². The fourth-order valence-electron chi connectivity index (χ4n) is 5.65. The third-order valence-electron chi connectivity index (χ3n) is 7.36. The van der Waals surface area contributed by atoms with E-state index in [2.05, 4.69) is 0 Å². The van der Waals surface area contributed by atoms with E-state index in [4.69, 9.17) is 4.74 Å². The lowest BCUT2D eigenvalue weighted by molar-refractivity contribution is -0.137. The molecule has 0 saturated carbocycles. The Morgan fingerprint density at radius 1 is 0.811 bits per heavy atom. The van der Waals surface area contributed by atoms with Crippen LogP contribution in [0.15, 0.2) is 72.8 Å².